The Morgan fingerprint density at radius 3 is 1.89 bits per heavy atom. The van der Waals surface area contributed by atoms with Crippen LogP contribution in [0.25, 0.3) is 11.0 Å². The number of nitrogens with one attached hydrogen (secondary N) is 2. The van der Waals surface area contributed by atoms with E-state index in [1.165, 1.54) is 30.5 Å². The molecule has 3 aromatic heterocycles. The molecule has 1 aliphatic carbocycles. The Balaban J connectivity index is 0.000000421. The molecule has 3 heterocycles. The summed E-state index contributed by atoms with van der Waals surface area (Å²) in [4.78, 5) is 36.5. The van der Waals surface area contributed by atoms with Gasteiger partial charge in [-0.05, 0) is 129 Å². The van der Waals surface area contributed by atoms with E-state index in [1.807, 2.05) is 65.8 Å². The Hall–Kier alpha value is -3.75. The number of carbonyl (C=O) groups is 2. The van der Waals surface area contributed by atoms with Crippen LogP contribution < -0.4 is 10.6 Å². The van der Waals surface area contributed by atoms with Crippen LogP contribution in [0, 0.1) is 0 Å². The number of pyridine rings is 3. The molecule has 1 aliphatic rings. The van der Waals surface area contributed by atoms with Crippen LogP contribution >= 0.6 is 0 Å². The van der Waals surface area contributed by atoms with E-state index in [0.29, 0.717) is 13.1 Å². The van der Waals surface area contributed by atoms with E-state index in [2.05, 4.69) is 32.7 Å². The Bertz CT molecular complexity index is 1310. The summed E-state index contributed by atoms with van der Waals surface area (Å²) in [7, 11) is 0. The summed E-state index contributed by atoms with van der Waals surface area (Å²) < 4.78 is 10.4. The van der Waals surface area contributed by atoms with Gasteiger partial charge in [0.2, 0.25) is 0 Å². The first kappa shape index (κ1) is 38.3. The van der Waals surface area contributed by atoms with Gasteiger partial charge in [0.1, 0.15) is 11.2 Å². The van der Waals surface area contributed by atoms with Gasteiger partial charge in [-0.15, -0.1) is 0 Å². The molecular weight excluding hydrogens is 554 g/mol. The molecule has 4 rings (SSSR count). The molecule has 0 unspecified atom stereocenters. The molecule has 0 bridgehead atoms. The largest absolute Gasteiger partial charge is 0.444 e. The van der Waals surface area contributed by atoms with Gasteiger partial charge in [-0.3, -0.25) is 4.98 Å². The second-order valence-corrected chi connectivity index (χ2v) is 12.5. The van der Waals surface area contributed by atoms with E-state index < -0.39 is 11.2 Å². The molecule has 0 fully saturated rings. The number of aromatic nitrogens is 3. The highest BCUT2D eigenvalue weighted by Gasteiger charge is 2.16. The van der Waals surface area contributed by atoms with Crippen LogP contribution in [0.15, 0.2) is 42.6 Å². The number of hydrogen-bond acceptors (Lipinski definition) is 7. The minimum absolute atomic E-state index is 0. The van der Waals surface area contributed by atoms with Crippen LogP contribution in [0.3, 0.4) is 0 Å². The van der Waals surface area contributed by atoms with Crippen molar-refractivity contribution in [2.24, 2.45) is 0 Å². The van der Waals surface area contributed by atoms with Gasteiger partial charge >= 0.3 is 12.2 Å². The van der Waals surface area contributed by atoms with Crippen LogP contribution in [0.5, 0.6) is 0 Å². The lowest BCUT2D eigenvalue weighted by Gasteiger charge is -2.19. The molecule has 0 spiro atoms. The van der Waals surface area contributed by atoms with Crippen LogP contribution in [0.1, 0.15) is 105 Å². The number of ether oxygens (including phenoxy) is 2. The van der Waals surface area contributed by atoms with Crippen molar-refractivity contribution < 1.29 is 19.1 Å². The third kappa shape index (κ3) is 14.6. The van der Waals surface area contributed by atoms with Crippen molar-refractivity contribution in [2.75, 3.05) is 13.1 Å². The maximum absolute atomic E-state index is 11.5. The Labute approximate surface area is 265 Å². The number of aryl methyl sites for hydroxylation is 4. The molecule has 0 saturated heterocycles. The van der Waals surface area contributed by atoms with Gasteiger partial charge in [0.25, 0.3) is 0 Å². The lowest BCUT2D eigenvalue weighted by atomic mass is 9.95. The summed E-state index contributed by atoms with van der Waals surface area (Å²) in [6.07, 6.45) is 9.21. The second kappa shape index (κ2) is 18.1. The van der Waals surface area contributed by atoms with Crippen LogP contribution in [0.4, 0.5) is 9.59 Å². The summed E-state index contributed by atoms with van der Waals surface area (Å²) >= 11 is 0. The topological polar surface area (TPSA) is 115 Å². The number of carbonyl (C=O) groups excluding carboxylic acids is 2. The molecule has 0 atom stereocenters. The zero-order valence-electron chi connectivity index (χ0n) is 26.1. The first-order valence-electron chi connectivity index (χ1n) is 15.0. The van der Waals surface area contributed by atoms with E-state index in [9.17, 15) is 9.59 Å². The SMILES string of the molecule is C.C.CC(C)(C)OC(=O)NCCCc1ccc2c(n1)CCCC2.CC(C)(C)OC(=O)NCCCc1ccc2cccnc2n1. The van der Waals surface area contributed by atoms with Crippen molar-refractivity contribution in [3.8, 4) is 0 Å². The highest BCUT2D eigenvalue weighted by atomic mass is 16.6. The summed E-state index contributed by atoms with van der Waals surface area (Å²) in [5.74, 6) is 0. The predicted molar refractivity (Wildman–Crippen MR) is 179 cm³/mol. The highest BCUT2D eigenvalue weighted by molar-refractivity contribution is 5.74. The van der Waals surface area contributed by atoms with Gasteiger partial charge in [0.05, 0.1) is 0 Å². The summed E-state index contributed by atoms with van der Waals surface area (Å²) in [6.45, 7) is 12.3. The molecule has 244 valence electrons. The molecule has 44 heavy (non-hydrogen) atoms. The number of hydrogen-bond donors (Lipinski definition) is 2. The summed E-state index contributed by atoms with van der Waals surface area (Å²) in [5, 5.41) is 6.56. The first-order chi connectivity index (χ1) is 19.9. The van der Waals surface area contributed by atoms with Crippen LogP contribution in [-0.2, 0) is 35.2 Å². The van der Waals surface area contributed by atoms with E-state index in [-0.39, 0.29) is 27.0 Å². The van der Waals surface area contributed by atoms with Crippen molar-refractivity contribution in [3.05, 3.63) is 65.2 Å². The lowest BCUT2D eigenvalue weighted by molar-refractivity contribution is 0.0515. The van der Waals surface area contributed by atoms with Crippen molar-refractivity contribution >= 4 is 23.2 Å². The van der Waals surface area contributed by atoms with E-state index in [1.54, 1.807) is 6.20 Å². The molecule has 0 radical (unpaired) electrons. The average Bonchev–Trinajstić information content (AvgIpc) is 2.92. The third-order valence-corrected chi connectivity index (χ3v) is 6.31. The van der Waals surface area contributed by atoms with E-state index >= 15 is 0 Å². The monoisotopic (exact) mass is 609 g/mol. The number of fused-ring (bicyclic) bond motifs is 2. The van der Waals surface area contributed by atoms with Crippen molar-refractivity contribution in [1.29, 1.82) is 0 Å². The fourth-order valence-corrected chi connectivity index (χ4v) is 4.45. The minimum Gasteiger partial charge on any atom is -0.444 e. The maximum atomic E-state index is 11.5. The number of rotatable bonds is 8. The van der Waals surface area contributed by atoms with Gasteiger partial charge in [0.15, 0.2) is 5.65 Å². The normalized spacial score (nSPS) is 12.3. The van der Waals surface area contributed by atoms with E-state index in [0.717, 1.165) is 54.5 Å². The van der Waals surface area contributed by atoms with Crippen LogP contribution in [-0.4, -0.2) is 51.4 Å². The molecule has 0 aromatic carbocycles. The lowest BCUT2D eigenvalue weighted by Crippen LogP contribution is -2.33. The Morgan fingerprint density at radius 1 is 0.750 bits per heavy atom. The van der Waals surface area contributed by atoms with Gasteiger partial charge in [0, 0.05) is 41.8 Å². The fraction of sp³-hybridized carbons (Fsp3) is 0.571. The summed E-state index contributed by atoms with van der Waals surface area (Å²) in [6, 6.07) is 12.2. The maximum Gasteiger partial charge on any atom is 0.407 e. The zero-order valence-corrected chi connectivity index (χ0v) is 26.1. The average molecular weight is 610 g/mol. The van der Waals surface area contributed by atoms with Gasteiger partial charge in [-0.1, -0.05) is 20.9 Å². The number of nitrogens with zero attached hydrogens (tertiary/aromatic N) is 3. The quantitative estimate of drug-likeness (QED) is 0.251. The smallest absolute Gasteiger partial charge is 0.407 e. The fourth-order valence-electron chi connectivity index (χ4n) is 4.45. The van der Waals surface area contributed by atoms with Crippen molar-refractivity contribution in [1.82, 2.24) is 25.6 Å². The highest BCUT2D eigenvalue weighted by Crippen LogP contribution is 2.20. The molecule has 3 aromatic rings. The molecule has 9 nitrogen and oxygen atoms in total. The molecule has 2 N–H and O–H groups in total. The van der Waals surface area contributed by atoms with Crippen molar-refractivity contribution in [3.63, 3.8) is 0 Å². The Morgan fingerprint density at radius 2 is 1.30 bits per heavy atom. The zero-order chi connectivity index (χ0) is 30.6. The second-order valence-electron chi connectivity index (χ2n) is 12.5. The van der Waals surface area contributed by atoms with Gasteiger partial charge in [-0.2, -0.15) is 0 Å². The van der Waals surface area contributed by atoms with Gasteiger partial charge < -0.3 is 20.1 Å². The van der Waals surface area contributed by atoms with Gasteiger partial charge in [-0.25, -0.2) is 19.6 Å². The van der Waals surface area contributed by atoms with Crippen molar-refractivity contribution in [2.45, 2.75) is 119 Å². The minimum atomic E-state index is -0.463. The third-order valence-electron chi connectivity index (χ3n) is 6.31. The molecular formula is C35H55N5O4. The Kier molecular flexibility index (Phi) is 15.8. The molecule has 9 heteroatoms. The summed E-state index contributed by atoms with van der Waals surface area (Å²) in [5.41, 5.74) is 4.65. The molecule has 0 saturated carbocycles. The molecule has 0 aliphatic heterocycles. The number of alkyl carbamates (subject to hydrolysis) is 2. The first-order valence-corrected chi connectivity index (χ1v) is 15.0. The number of amides is 2. The molecule has 2 amide bonds. The predicted octanol–water partition coefficient (Wildman–Crippen LogP) is 7.78. The van der Waals surface area contributed by atoms with E-state index in [4.69, 9.17) is 14.5 Å². The van der Waals surface area contributed by atoms with Crippen LogP contribution in [0.2, 0.25) is 0 Å². The standard InChI is InChI=1S/C17H26N2O2.C16H21N3O2.2CH4/c1-17(2,3)21-16(20)18-12-6-8-14-11-10-13-7-4-5-9-15(13)19-14;1-16(2,3)21-15(20)18-11-5-7-13-9-8-12-6-4-10-17-14(12)19-13;;/h10-11H,4-9,12H2,1-3H3,(H,18,20);4,6,8-10H,5,7,11H2,1-3H3,(H,18,20);2*1H4.